The lowest BCUT2D eigenvalue weighted by molar-refractivity contribution is -0.143. The van der Waals surface area contributed by atoms with Gasteiger partial charge in [0.15, 0.2) is 0 Å². The Balaban J connectivity index is 2.54. The molecule has 114 valence electrons. The summed E-state index contributed by atoms with van der Waals surface area (Å²) >= 11 is 0. The number of likely N-dealkylation sites (tertiary alicyclic amines) is 1. The molecule has 0 aromatic rings. The van der Waals surface area contributed by atoms with Crippen LogP contribution in [-0.2, 0) is 14.3 Å². The van der Waals surface area contributed by atoms with Crippen LogP contribution in [0.15, 0.2) is 0 Å². The van der Waals surface area contributed by atoms with E-state index in [-0.39, 0.29) is 12.3 Å². The number of carboxylic acids is 1. The van der Waals surface area contributed by atoms with Gasteiger partial charge in [0, 0.05) is 13.1 Å². The van der Waals surface area contributed by atoms with Gasteiger partial charge >= 0.3 is 12.1 Å². The first kappa shape index (κ1) is 16.3. The topological polar surface area (TPSA) is 95.9 Å². The van der Waals surface area contributed by atoms with Crippen molar-refractivity contribution in [2.75, 3.05) is 13.1 Å². The SMILES string of the molecule is CC(C)(C)OC(=O)N[C@H](CC(=O)N1CCCC1)C(=O)O. The van der Waals surface area contributed by atoms with Gasteiger partial charge in [-0.1, -0.05) is 0 Å². The zero-order chi connectivity index (χ0) is 15.3. The molecule has 0 spiro atoms. The van der Waals surface area contributed by atoms with Gasteiger partial charge in [-0.15, -0.1) is 0 Å². The van der Waals surface area contributed by atoms with E-state index in [0.717, 1.165) is 12.8 Å². The van der Waals surface area contributed by atoms with Crippen LogP contribution in [-0.4, -0.2) is 52.7 Å². The third kappa shape index (κ3) is 5.46. The van der Waals surface area contributed by atoms with Gasteiger partial charge in [-0.3, -0.25) is 4.79 Å². The first-order valence-corrected chi connectivity index (χ1v) is 6.69. The standard InChI is InChI=1S/C13H22N2O5/c1-13(2,3)20-12(19)14-9(11(17)18)8-10(16)15-6-4-5-7-15/h9H,4-8H2,1-3H3,(H,14,19)(H,17,18)/t9-/m1/s1. The Morgan fingerprint density at radius 2 is 1.80 bits per heavy atom. The Bertz CT molecular complexity index is 383. The Hall–Kier alpha value is -1.79. The van der Waals surface area contributed by atoms with Gasteiger partial charge < -0.3 is 20.1 Å². The van der Waals surface area contributed by atoms with Crippen molar-refractivity contribution in [2.45, 2.75) is 51.7 Å². The summed E-state index contributed by atoms with van der Waals surface area (Å²) in [4.78, 5) is 36.2. The lowest BCUT2D eigenvalue weighted by atomic mass is 10.2. The normalized spacial score (nSPS) is 16.6. The average Bonchev–Trinajstić information content (AvgIpc) is 2.78. The maximum Gasteiger partial charge on any atom is 0.408 e. The molecule has 0 aromatic carbocycles. The molecule has 1 heterocycles. The minimum Gasteiger partial charge on any atom is -0.480 e. The lowest BCUT2D eigenvalue weighted by Gasteiger charge is -2.23. The molecule has 0 unspecified atom stereocenters. The van der Waals surface area contributed by atoms with Crippen molar-refractivity contribution in [1.82, 2.24) is 10.2 Å². The van der Waals surface area contributed by atoms with Crippen LogP contribution in [0.4, 0.5) is 4.79 Å². The highest BCUT2D eigenvalue weighted by Crippen LogP contribution is 2.11. The maximum atomic E-state index is 11.9. The van der Waals surface area contributed by atoms with Crippen molar-refractivity contribution in [3.05, 3.63) is 0 Å². The first-order valence-electron chi connectivity index (χ1n) is 6.69. The Morgan fingerprint density at radius 1 is 1.25 bits per heavy atom. The summed E-state index contributed by atoms with van der Waals surface area (Å²) in [5.41, 5.74) is -0.716. The molecular weight excluding hydrogens is 264 g/mol. The van der Waals surface area contributed by atoms with Gasteiger partial charge in [-0.2, -0.15) is 0 Å². The molecular formula is C13H22N2O5. The van der Waals surface area contributed by atoms with Crippen LogP contribution in [0.25, 0.3) is 0 Å². The van der Waals surface area contributed by atoms with Crippen LogP contribution >= 0.6 is 0 Å². The molecule has 1 rings (SSSR count). The highest BCUT2D eigenvalue weighted by molar-refractivity contribution is 5.87. The van der Waals surface area contributed by atoms with Crippen molar-refractivity contribution < 1.29 is 24.2 Å². The number of rotatable bonds is 4. The van der Waals surface area contributed by atoms with E-state index in [1.807, 2.05) is 0 Å². The Morgan fingerprint density at radius 3 is 2.25 bits per heavy atom. The van der Waals surface area contributed by atoms with Gasteiger partial charge in [-0.25, -0.2) is 9.59 Å². The second-order valence-corrected chi connectivity index (χ2v) is 5.83. The second-order valence-electron chi connectivity index (χ2n) is 5.83. The van der Waals surface area contributed by atoms with Gasteiger partial charge in [0.1, 0.15) is 11.6 Å². The number of carbonyl (C=O) groups is 3. The molecule has 1 atom stereocenters. The van der Waals surface area contributed by atoms with Crippen LogP contribution < -0.4 is 5.32 Å². The van der Waals surface area contributed by atoms with Gasteiger partial charge in [0.2, 0.25) is 5.91 Å². The predicted octanol–water partition coefficient (Wildman–Crippen LogP) is 0.977. The van der Waals surface area contributed by atoms with Crippen molar-refractivity contribution in [3.8, 4) is 0 Å². The smallest absolute Gasteiger partial charge is 0.408 e. The fraction of sp³-hybridized carbons (Fsp3) is 0.769. The molecule has 0 saturated carbocycles. The Labute approximate surface area is 118 Å². The highest BCUT2D eigenvalue weighted by Gasteiger charge is 2.28. The number of ether oxygens (including phenoxy) is 1. The quantitative estimate of drug-likeness (QED) is 0.803. The molecule has 0 aliphatic carbocycles. The van der Waals surface area contributed by atoms with Crippen molar-refractivity contribution in [3.63, 3.8) is 0 Å². The fourth-order valence-corrected chi connectivity index (χ4v) is 1.92. The van der Waals surface area contributed by atoms with Crippen molar-refractivity contribution >= 4 is 18.0 Å². The van der Waals surface area contributed by atoms with Gasteiger partial charge in [0.25, 0.3) is 0 Å². The van der Waals surface area contributed by atoms with Crippen LogP contribution in [0.1, 0.15) is 40.0 Å². The number of aliphatic carboxylic acids is 1. The molecule has 2 N–H and O–H groups in total. The number of hydrogen-bond donors (Lipinski definition) is 2. The largest absolute Gasteiger partial charge is 0.480 e. The molecule has 2 amide bonds. The summed E-state index contributed by atoms with van der Waals surface area (Å²) in [7, 11) is 0. The molecule has 7 nitrogen and oxygen atoms in total. The van der Waals surface area contributed by atoms with Gasteiger partial charge in [0.05, 0.1) is 6.42 Å². The summed E-state index contributed by atoms with van der Waals surface area (Å²) in [6, 6.07) is -1.27. The molecule has 1 fully saturated rings. The number of hydrogen-bond acceptors (Lipinski definition) is 4. The van der Waals surface area contributed by atoms with Crippen LogP contribution in [0.2, 0.25) is 0 Å². The van der Waals surface area contributed by atoms with Crippen molar-refractivity contribution in [2.24, 2.45) is 0 Å². The molecule has 7 heteroatoms. The summed E-state index contributed by atoms with van der Waals surface area (Å²) in [5, 5.41) is 11.3. The predicted molar refractivity (Wildman–Crippen MR) is 71.2 cm³/mol. The lowest BCUT2D eigenvalue weighted by Crippen LogP contribution is -2.46. The summed E-state index contributed by atoms with van der Waals surface area (Å²) in [6.45, 7) is 6.34. The highest BCUT2D eigenvalue weighted by atomic mass is 16.6. The number of alkyl carbamates (subject to hydrolysis) is 1. The summed E-state index contributed by atoms with van der Waals surface area (Å²) in [6.07, 6.45) is 0.777. The number of amides is 2. The monoisotopic (exact) mass is 286 g/mol. The molecule has 0 bridgehead atoms. The second kappa shape index (κ2) is 6.58. The number of nitrogens with one attached hydrogen (secondary N) is 1. The minimum atomic E-state index is -1.27. The molecule has 0 radical (unpaired) electrons. The van der Waals surface area contributed by atoms with Crippen LogP contribution in [0.3, 0.4) is 0 Å². The summed E-state index contributed by atoms with van der Waals surface area (Å²) < 4.78 is 4.99. The molecule has 1 saturated heterocycles. The fourth-order valence-electron chi connectivity index (χ4n) is 1.92. The van der Waals surface area contributed by atoms with E-state index >= 15 is 0 Å². The molecule has 20 heavy (non-hydrogen) atoms. The van der Waals surface area contributed by atoms with E-state index in [4.69, 9.17) is 9.84 Å². The van der Waals surface area contributed by atoms with E-state index < -0.39 is 23.7 Å². The van der Waals surface area contributed by atoms with E-state index in [9.17, 15) is 14.4 Å². The number of carbonyl (C=O) groups excluding carboxylic acids is 2. The maximum absolute atomic E-state index is 11.9. The third-order valence-electron chi connectivity index (χ3n) is 2.83. The Kier molecular flexibility index (Phi) is 5.35. The molecule has 0 aromatic heterocycles. The molecule has 1 aliphatic heterocycles. The van der Waals surface area contributed by atoms with E-state index in [2.05, 4.69) is 5.32 Å². The zero-order valence-electron chi connectivity index (χ0n) is 12.1. The number of carboxylic acid groups (broad SMARTS) is 1. The summed E-state index contributed by atoms with van der Waals surface area (Å²) in [5.74, 6) is -1.51. The third-order valence-corrected chi connectivity index (χ3v) is 2.83. The first-order chi connectivity index (χ1) is 9.19. The van der Waals surface area contributed by atoms with E-state index in [1.54, 1.807) is 25.7 Å². The minimum absolute atomic E-state index is 0.255. The number of nitrogens with zero attached hydrogens (tertiary/aromatic N) is 1. The zero-order valence-corrected chi connectivity index (χ0v) is 12.1. The van der Waals surface area contributed by atoms with Crippen LogP contribution in [0, 0.1) is 0 Å². The van der Waals surface area contributed by atoms with E-state index in [1.165, 1.54) is 0 Å². The molecule has 1 aliphatic rings. The van der Waals surface area contributed by atoms with Crippen molar-refractivity contribution in [1.29, 1.82) is 0 Å². The average molecular weight is 286 g/mol. The van der Waals surface area contributed by atoms with Crippen LogP contribution in [0.5, 0.6) is 0 Å². The van der Waals surface area contributed by atoms with E-state index in [0.29, 0.717) is 13.1 Å². The van der Waals surface area contributed by atoms with Gasteiger partial charge in [-0.05, 0) is 33.6 Å².